The molecule has 7 heteroatoms. The Kier molecular flexibility index (Phi) is 4.73. The predicted octanol–water partition coefficient (Wildman–Crippen LogP) is 2.51. The smallest absolute Gasteiger partial charge is 0.252 e. The number of para-hydroxylation sites is 1. The highest BCUT2D eigenvalue weighted by atomic mass is 32.2. The molecule has 1 aliphatic heterocycles. The first-order valence-corrected chi connectivity index (χ1v) is 8.88. The van der Waals surface area contributed by atoms with Crippen molar-refractivity contribution in [3.05, 3.63) is 54.1 Å². The summed E-state index contributed by atoms with van der Waals surface area (Å²) in [5.74, 6) is -0.965. The van der Waals surface area contributed by atoms with Crippen LogP contribution in [0.3, 0.4) is 0 Å². The van der Waals surface area contributed by atoms with Gasteiger partial charge in [-0.15, -0.1) is 0 Å². The van der Waals surface area contributed by atoms with Gasteiger partial charge < -0.3 is 15.5 Å². The van der Waals surface area contributed by atoms with E-state index in [-0.39, 0.29) is 11.8 Å². The van der Waals surface area contributed by atoms with Gasteiger partial charge in [-0.3, -0.25) is 14.4 Å². The minimum Gasteiger partial charge on any atom is -0.355 e. The predicted molar refractivity (Wildman–Crippen MR) is 103 cm³/mol. The van der Waals surface area contributed by atoms with Crippen LogP contribution in [0.5, 0.6) is 0 Å². The number of rotatable bonds is 3. The second-order valence-corrected chi connectivity index (χ2v) is 7.54. The second kappa shape index (κ2) is 6.84. The lowest BCUT2D eigenvalue weighted by Gasteiger charge is -2.36. The van der Waals surface area contributed by atoms with Crippen molar-refractivity contribution in [3.8, 4) is 0 Å². The number of benzene rings is 2. The first kappa shape index (κ1) is 18.0. The maximum Gasteiger partial charge on any atom is 0.252 e. The van der Waals surface area contributed by atoms with Crippen molar-refractivity contribution in [2.45, 2.75) is 16.6 Å². The van der Waals surface area contributed by atoms with E-state index in [1.54, 1.807) is 45.3 Å². The Hall–Kier alpha value is -2.80. The van der Waals surface area contributed by atoms with Crippen molar-refractivity contribution >= 4 is 40.9 Å². The van der Waals surface area contributed by atoms with E-state index >= 15 is 0 Å². The average Bonchev–Trinajstić information content (AvgIpc) is 2.65. The van der Waals surface area contributed by atoms with E-state index in [0.29, 0.717) is 11.3 Å². The van der Waals surface area contributed by atoms with Gasteiger partial charge in [0.15, 0.2) is 4.75 Å². The zero-order chi connectivity index (χ0) is 18.9. The molecule has 2 N–H and O–H groups in total. The van der Waals surface area contributed by atoms with Gasteiger partial charge in [0.1, 0.15) is 0 Å². The molecule has 0 aromatic heterocycles. The fraction of sp³-hybridized carbons (Fsp3) is 0.211. The van der Waals surface area contributed by atoms with Gasteiger partial charge in [0, 0.05) is 30.2 Å². The first-order chi connectivity index (χ1) is 12.4. The fourth-order valence-corrected chi connectivity index (χ4v) is 4.05. The summed E-state index contributed by atoms with van der Waals surface area (Å²) in [5.41, 5.74) is 1.68. The summed E-state index contributed by atoms with van der Waals surface area (Å²) in [6.07, 6.45) is 0. The molecule has 1 unspecified atom stereocenters. The molecule has 1 atom stereocenters. The molecule has 1 aliphatic rings. The van der Waals surface area contributed by atoms with E-state index < -0.39 is 10.7 Å². The van der Waals surface area contributed by atoms with Crippen molar-refractivity contribution in [2.24, 2.45) is 0 Å². The largest absolute Gasteiger partial charge is 0.355 e. The van der Waals surface area contributed by atoms with Crippen molar-refractivity contribution in [1.82, 2.24) is 5.32 Å². The van der Waals surface area contributed by atoms with Gasteiger partial charge in [-0.1, -0.05) is 30.0 Å². The van der Waals surface area contributed by atoms with Crippen molar-refractivity contribution in [1.29, 1.82) is 0 Å². The lowest BCUT2D eigenvalue weighted by molar-refractivity contribution is -0.128. The standard InChI is InChI=1S/C19H19N3O3S/c1-19(18(25)22(3)14-9-4-5-10-15(14)26-19)17(24)21-13-8-6-7-12(11-13)16(23)20-2/h4-11H,1-3H3,(H,20,23)(H,21,24). The Labute approximate surface area is 156 Å². The molecule has 0 saturated heterocycles. The van der Waals surface area contributed by atoms with Crippen molar-refractivity contribution in [3.63, 3.8) is 0 Å². The van der Waals surface area contributed by atoms with Gasteiger partial charge in [0.2, 0.25) is 5.91 Å². The van der Waals surface area contributed by atoms with E-state index in [2.05, 4.69) is 10.6 Å². The summed E-state index contributed by atoms with van der Waals surface area (Å²) in [6.45, 7) is 1.62. The van der Waals surface area contributed by atoms with Gasteiger partial charge in [-0.2, -0.15) is 0 Å². The van der Waals surface area contributed by atoms with Gasteiger partial charge in [-0.05, 0) is 37.3 Å². The molecule has 3 rings (SSSR count). The number of nitrogens with zero attached hydrogens (tertiary/aromatic N) is 1. The number of hydrogen-bond donors (Lipinski definition) is 2. The number of anilines is 2. The molecule has 0 saturated carbocycles. The summed E-state index contributed by atoms with van der Waals surface area (Å²) in [4.78, 5) is 39.9. The van der Waals surface area contributed by atoms with Gasteiger partial charge in [0.05, 0.1) is 5.69 Å². The number of carbonyl (C=O) groups excluding carboxylic acids is 3. The quantitative estimate of drug-likeness (QED) is 0.815. The maximum atomic E-state index is 12.9. The number of amides is 3. The second-order valence-electron chi connectivity index (χ2n) is 6.08. The number of thioether (sulfide) groups is 1. The van der Waals surface area contributed by atoms with Crippen LogP contribution in [0.25, 0.3) is 0 Å². The van der Waals surface area contributed by atoms with Gasteiger partial charge in [0.25, 0.3) is 11.8 Å². The van der Waals surface area contributed by atoms with Crippen LogP contribution in [-0.2, 0) is 9.59 Å². The number of carbonyl (C=O) groups is 3. The Morgan fingerprint density at radius 1 is 1.12 bits per heavy atom. The van der Waals surface area contributed by atoms with Crippen LogP contribution in [0, 0.1) is 0 Å². The molecule has 0 aliphatic carbocycles. The molecule has 134 valence electrons. The lowest BCUT2D eigenvalue weighted by atomic mass is 10.1. The highest BCUT2D eigenvalue weighted by Gasteiger charge is 2.48. The lowest BCUT2D eigenvalue weighted by Crippen LogP contribution is -2.53. The molecule has 2 aromatic carbocycles. The van der Waals surface area contributed by atoms with Gasteiger partial charge in [-0.25, -0.2) is 0 Å². The molecule has 1 heterocycles. The highest BCUT2D eigenvalue weighted by molar-refractivity contribution is 8.02. The van der Waals surface area contributed by atoms with Crippen LogP contribution in [0.2, 0.25) is 0 Å². The Morgan fingerprint density at radius 2 is 1.85 bits per heavy atom. The molecule has 6 nitrogen and oxygen atoms in total. The van der Waals surface area contributed by atoms with E-state index in [1.165, 1.54) is 16.7 Å². The molecule has 3 amide bonds. The fourth-order valence-electron chi connectivity index (χ4n) is 2.79. The normalized spacial score (nSPS) is 18.9. The van der Waals surface area contributed by atoms with Crippen molar-refractivity contribution < 1.29 is 14.4 Å². The molecule has 26 heavy (non-hydrogen) atoms. The summed E-state index contributed by atoms with van der Waals surface area (Å²) in [7, 11) is 3.21. The van der Waals surface area contributed by atoms with E-state index in [1.807, 2.05) is 24.3 Å². The van der Waals surface area contributed by atoms with Crippen LogP contribution in [-0.4, -0.2) is 36.6 Å². The van der Waals surface area contributed by atoms with E-state index in [0.717, 1.165) is 10.6 Å². The molecule has 0 bridgehead atoms. The van der Waals surface area contributed by atoms with E-state index in [4.69, 9.17) is 0 Å². The zero-order valence-electron chi connectivity index (χ0n) is 14.7. The monoisotopic (exact) mass is 369 g/mol. The minimum absolute atomic E-state index is 0.246. The molecule has 0 radical (unpaired) electrons. The van der Waals surface area contributed by atoms with Crippen LogP contribution in [0.15, 0.2) is 53.4 Å². The Morgan fingerprint density at radius 3 is 2.58 bits per heavy atom. The summed E-state index contributed by atoms with van der Waals surface area (Å²) < 4.78 is -1.30. The van der Waals surface area contributed by atoms with Crippen LogP contribution < -0.4 is 15.5 Å². The van der Waals surface area contributed by atoms with E-state index in [9.17, 15) is 14.4 Å². The molecule has 0 fully saturated rings. The summed E-state index contributed by atoms with van der Waals surface area (Å²) in [5, 5.41) is 5.31. The Bertz CT molecular complexity index is 899. The third-order valence-corrected chi connectivity index (χ3v) is 5.63. The molecule has 0 spiro atoms. The van der Waals surface area contributed by atoms with Crippen LogP contribution in [0.4, 0.5) is 11.4 Å². The number of fused-ring (bicyclic) bond motifs is 1. The SMILES string of the molecule is CNC(=O)c1cccc(NC(=O)C2(C)Sc3ccccc3N(C)C2=O)c1. The number of nitrogens with one attached hydrogen (secondary N) is 2. The Balaban J connectivity index is 1.88. The molecule has 2 aromatic rings. The molecular weight excluding hydrogens is 350 g/mol. The zero-order valence-corrected chi connectivity index (χ0v) is 15.5. The van der Waals surface area contributed by atoms with Crippen molar-refractivity contribution in [2.75, 3.05) is 24.3 Å². The minimum atomic E-state index is -1.30. The maximum absolute atomic E-state index is 12.9. The van der Waals surface area contributed by atoms with Crippen LogP contribution in [0.1, 0.15) is 17.3 Å². The average molecular weight is 369 g/mol. The van der Waals surface area contributed by atoms with Crippen LogP contribution >= 0.6 is 11.8 Å². The third kappa shape index (κ3) is 3.06. The highest BCUT2D eigenvalue weighted by Crippen LogP contribution is 2.45. The molecular formula is C19H19N3O3S. The topological polar surface area (TPSA) is 78.5 Å². The third-order valence-electron chi connectivity index (χ3n) is 4.30. The first-order valence-electron chi connectivity index (χ1n) is 8.06. The summed E-state index contributed by atoms with van der Waals surface area (Å²) >= 11 is 1.23. The van der Waals surface area contributed by atoms with Gasteiger partial charge >= 0.3 is 0 Å². The summed E-state index contributed by atoms with van der Waals surface area (Å²) in [6, 6.07) is 14.1. The number of hydrogen-bond acceptors (Lipinski definition) is 4.